The van der Waals surface area contributed by atoms with Gasteiger partial charge in [0, 0.05) is 18.1 Å². The Morgan fingerprint density at radius 3 is 2.76 bits per heavy atom. The van der Waals surface area contributed by atoms with Crippen LogP contribution in [0.15, 0.2) is 45.7 Å². The summed E-state index contributed by atoms with van der Waals surface area (Å²) in [5.74, 6) is 0.740. The van der Waals surface area contributed by atoms with E-state index in [2.05, 4.69) is 24.1 Å². The van der Waals surface area contributed by atoms with E-state index in [9.17, 15) is 9.59 Å². The average Bonchev–Trinajstić information content (AvgIpc) is 3.15. The van der Waals surface area contributed by atoms with Gasteiger partial charge in [0.05, 0.1) is 11.3 Å². The highest BCUT2D eigenvalue weighted by atomic mass is 35.5. The third kappa shape index (κ3) is 6.07. The van der Waals surface area contributed by atoms with Gasteiger partial charge in [0.2, 0.25) is 5.91 Å². The standard InChI is InChI=1S/C21H24ClN3O2S2/c1-14(2)7-10-23-18(26)13-29-21-24-17-9-12-28-19(17)20(27)25(21)11-8-15-3-5-16(22)6-4-15/h3-6,9,12,14H,7-8,10-11,13H2,1-2H3,(H,23,26). The van der Waals surface area contributed by atoms with E-state index in [0.717, 1.165) is 12.0 Å². The molecule has 3 aromatic rings. The number of nitrogens with one attached hydrogen (secondary N) is 1. The van der Waals surface area contributed by atoms with E-state index in [1.807, 2.05) is 35.7 Å². The van der Waals surface area contributed by atoms with Crippen LogP contribution in [0.3, 0.4) is 0 Å². The first-order valence-corrected chi connectivity index (χ1v) is 11.8. The quantitative estimate of drug-likeness (QED) is 0.382. The second-order valence-electron chi connectivity index (χ2n) is 7.18. The Labute approximate surface area is 183 Å². The van der Waals surface area contributed by atoms with E-state index in [0.29, 0.717) is 45.8 Å². The third-order valence-corrected chi connectivity index (χ3v) is 6.56. The second-order valence-corrected chi connectivity index (χ2v) is 9.48. The Morgan fingerprint density at radius 2 is 2.03 bits per heavy atom. The van der Waals surface area contributed by atoms with Gasteiger partial charge in [-0.1, -0.05) is 49.3 Å². The molecule has 8 heteroatoms. The molecule has 0 unspecified atom stereocenters. The highest BCUT2D eigenvalue weighted by Gasteiger charge is 2.14. The lowest BCUT2D eigenvalue weighted by atomic mass is 10.1. The lowest BCUT2D eigenvalue weighted by Crippen LogP contribution is -2.28. The fourth-order valence-corrected chi connectivity index (χ4v) is 4.56. The summed E-state index contributed by atoms with van der Waals surface area (Å²) in [6, 6.07) is 9.45. The molecular weight excluding hydrogens is 426 g/mol. The number of hydrogen-bond acceptors (Lipinski definition) is 5. The van der Waals surface area contributed by atoms with E-state index in [1.54, 1.807) is 4.57 Å². The van der Waals surface area contributed by atoms with Gasteiger partial charge in [-0.2, -0.15) is 0 Å². The largest absolute Gasteiger partial charge is 0.355 e. The highest BCUT2D eigenvalue weighted by molar-refractivity contribution is 7.99. The van der Waals surface area contributed by atoms with Gasteiger partial charge >= 0.3 is 0 Å². The molecule has 2 aromatic heterocycles. The smallest absolute Gasteiger partial charge is 0.272 e. The summed E-state index contributed by atoms with van der Waals surface area (Å²) in [7, 11) is 0. The van der Waals surface area contributed by atoms with Crippen LogP contribution in [0.2, 0.25) is 5.02 Å². The molecule has 3 rings (SSSR count). The molecule has 0 aliphatic carbocycles. The molecule has 5 nitrogen and oxygen atoms in total. The summed E-state index contributed by atoms with van der Waals surface area (Å²) in [6.45, 7) is 5.41. The van der Waals surface area contributed by atoms with Crippen LogP contribution in [0.5, 0.6) is 0 Å². The lowest BCUT2D eigenvalue weighted by Gasteiger charge is -2.12. The average molecular weight is 450 g/mol. The van der Waals surface area contributed by atoms with Crippen molar-refractivity contribution in [1.29, 1.82) is 0 Å². The van der Waals surface area contributed by atoms with Gasteiger partial charge in [0.1, 0.15) is 4.70 Å². The van der Waals surface area contributed by atoms with Crippen LogP contribution in [0, 0.1) is 5.92 Å². The van der Waals surface area contributed by atoms with Crippen LogP contribution in [-0.4, -0.2) is 27.8 Å². The number of hydrogen-bond donors (Lipinski definition) is 1. The summed E-state index contributed by atoms with van der Waals surface area (Å²) >= 11 is 8.66. The van der Waals surface area contributed by atoms with Crippen molar-refractivity contribution in [2.45, 2.75) is 38.4 Å². The number of nitrogens with zero attached hydrogens (tertiary/aromatic N) is 2. The van der Waals surface area contributed by atoms with Crippen molar-refractivity contribution < 1.29 is 4.79 Å². The SMILES string of the molecule is CC(C)CCNC(=O)CSc1nc2ccsc2c(=O)n1CCc1ccc(Cl)cc1. The summed E-state index contributed by atoms with van der Waals surface area (Å²) in [4.78, 5) is 29.8. The number of fused-ring (bicyclic) bond motifs is 1. The molecule has 154 valence electrons. The highest BCUT2D eigenvalue weighted by Crippen LogP contribution is 2.21. The number of halogens is 1. The molecule has 0 atom stereocenters. The maximum Gasteiger partial charge on any atom is 0.272 e. The summed E-state index contributed by atoms with van der Waals surface area (Å²) < 4.78 is 2.33. The van der Waals surface area contributed by atoms with Crippen LogP contribution in [0.1, 0.15) is 25.8 Å². The predicted molar refractivity (Wildman–Crippen MR) is 122 cm³/mol. The predicted octanol–water partition coefficient (Wildman–Crippen LogP) is 4.61. The van der Waals surface area contributed by atoms with E-state index >= 15 is 0 Å². The van der Waals surface area contributed by atoms with Crippen LogP contribution in [0.4, 0.5) is 0 Å². The minimum absolute atomic E-state index is 0.0421. The van der Waals surface area contributed by atoms with Crippen LogP contribution in [0.25, 0.3) is 10.2 Å². The molecular formula is C21H24ClN3O2S2. The molecule has 1 N–H and O–H groups in total. The van der Waals surface area contributed by atoms with Gasteiger partial charge in [0.25, 0.3) is 5.56 Å². The number of aryl methyl sites for hydroxylation is 1. The van der Waals surface area contributed by atoms with Gasteiger partial charge in [-0.05, 0) is 47.9 Å². The van der Waals surface area contributed by atoms with Gasteiger partial charge in [-0.25, -0.2) is 4.98 Å². The zero-order valence-electron chi connectivity index (χ0n) is 16.5. The monoisotopic (exact) mass is 449 g/mol. The first-order valence-electron chi connectivity index (χ1n) is 9.56. The minimum atomic E-state index is -0.0540. The van der Waals surface area contributed by atoms with E-state index in [-0.39, 0.29) is 17.2 Å². The Balaban J connectivity index is 1.74. The fourth-order valence-electron chi connectivity index (χ4n) is 2.80. The zero-order valence-corrected chi connectivity index (χ0v) is 18.9. The number of aromatic nitrogens is 2. The fraction of sp³-hybridized carbons (Fsp3) is 0.381. The number of thioether (sulfide) groups is 1. The van der Waals surface area contributed by atoms with E-state index < -0.39 is 0 Å². The molecule has 1 aromatic carbocycles. The summed E-state index contributed by atoms with van der Waals surface area (Å²) in [5, 5.41) is 6.06. The maximum atomic E-state index is 13.0. The van der Waals surface area contributed by atoms with Crippen molar-refractivity contribution in [2.24, 2.45) is 5.92 Å². The Morgan fingerprint density at radius 1 is 1.28 bits per heavy atom. The summed E-state index contributed by atoms with van der Waals surface area (Å²) in [6.07, 6.45) is 1.63. The molecule has 0 saturated heterocycles. The first kappa shape index (κ1) is 21.9. The number of benzene rings is 1. The molecule has 0 saturated carbocycles. The molecule has 0 radical (unpaired) electrons. The van der Waals surface area contributed by atoms with Crippen LogP contribution in [-0.2, 0) is 17.8 Å². The number of thiophene rings is 1. The summed E-state index contributed by atoms with van der Waals surface area (Å²) in [5.41, 5.74) is 1.72. The molecule has 0 bridgehead atoms. The van der Waals surface area contributed by atoms with Crippen molar-refractivity contribution in [2.75, 3.05) is 12.3 Å². The maximum absolute atomic E-state index is 13.0. The topological polar surface area (TPSA) is 64.0 Å². The van der Waals surface area contributed by atoms with Crippen molar-refractivity contribution in [1.82, 2.24) is 14.9 Å². The van der Waals surface area contributed by atoms with Crippen LogP contribution < -0.4 is 10.9 Å². The molecule has 0 aliphatic heterocycles. The van der Waals surface area contributed by atoms with E-state index in [4.69, 9.17) is 11.6 Å². The van der Waals surface area contributed by atoms with Crippen molar-refractivity contribution in [3.63, 3.8) is 0 Å². The number of amides is 1. The Hall–Kier alpha value is -1.83. The molecule has 0 aliphatic rings. The van der Waals surface area contributed by atoms with Crippen molar-refractivity contribution in [3.05, 3.63) is 56.7 Å². The van der Waals surface area contributed by atoms with Gasteiger partial charge in [0.15, 0.2) is 5.16 Å². The minimum Gasteiger partial charge on any atom is -0.355 e. The number of carbonyl (C=O) groups is 1. The van der Waals surface area contributed by atoms with E-state index in [1.165, 1.54) is 23.1 Å². The zero-order chi connectivity index (χ0) is 20.8. The van der Waals surface area contributed by atoms with Gasteiger partial charge < -0.3 is 5.32 Å². The van der Waals surface area contributed by atoms with Crippen molar-refractivity contribution >= 4 is 50.8 Å². The molecule has 0 spiro atoms. The molecule has 0 fully saturated rings. The lowest BCUT2D eigenvalue weighted by molar-refractivity contribution is -0.118. The normalized spacial score (nSPS) is 11.3. The Bertz CT molecular complexity index is 1030. The van der Waals surface area contributed by atoms with Gasteiger partial charge in [-0.3, -0.25) is 14.2 Å². The second kappa shape index (κ2) is 10.3. The first-order chi connectivity index (χ1) is 13.9. The Kier molecular flexibility index (Phi) is 7.75. The van der Waals surface area contributed by atoms with Crippen LogP contribution >= 0.6 is 34.7 Å². The molecule has 1 amide bonds. The molecule has 29 heavy (non-hydrogen) atoms. The van der Waals surface area contributed by atoms with Gasteiger partial charge in [-0.15, -0.1) is 11.3 Å². The number of rotatable bonds is 9. The third-order valence-electron chi connectivity index (χ3n) is 4.44. The van der Waals surface area contributed by atoms with Crippen molar-refractivity contribution in [3.8, 4) is 0 Å². The molecule has 2 heterocycles. The number of carbonyl (C=O) groups excluding carboxylic acids is 1.